The van der Waals surface area contributed by atoms with E-state index in [9.17, 15) is 0 Å². The van der Waals surface area contributed by atoms with E-state index in [1.54, 1.807) is 0 Å². The molecule has 1 nitrogen and oxygen atoms in total. The van der Waals surface area contributed by atoms with Crippen molar-refractivity contribution in [2.24, 2.45) is 0 Å². The van der Waals surface area contributed by atoms with Crippen LogP contribution in [-0.2, 0) is 5.41 Å². The number of rotatable bonds is 6. The molecule has 52 heavy (non-hydrogen) atoms. The minimum atomic E-state index is -0.474. The van der Waals surface area contributed by atoms with Gasteiger partial charge in [0, 0.05) is 16.9 Å². The normalized spacial score (nSPS) is 12.8. The van der Waals surface area contributed by atoms with Crippen LogP contribution in [0.3, 0.4) is 0 Å². The highest BCUT2D eigenvalue weighted by atomic mass is 15.1. The van der Waals surface area contributed by atoms with Crippen molar-refractivity contribution in [3.63, 3.8) is 0 Å². The zero-order valence-corrected chi connectivity index (χ0v) is 28.7. The fraction of sp³-hybridized carbons (Fsp3) is 0.0196. The van der Waals surface area contributed by atoms with Gasteiger partial charge in [0.1, 0.15) is 0 Å². The van der Waals surface area contributed by atoms with Crippen molar-refractivity contribution in [1.29, 1.82) is 0 Å². The Morgan fingerprint density at radius 2 is 0.904 bits per heavy atom. The summed E-state index contributed by atoms with van der Waals surface area (Å²) in [5, 5.41) is 5.06. The van der Waals surface area contributed by atoms with Crippen LogP contribution >= 0.6 is 0 Å². The first-order chi connectivity index (χ1) is 25.8. The summed E-state index contributed by atoms with van der Waals surface area (Å²) < 4.78 is 0. The molecule has 9 aromatic rings. The molecular formula is C51H35N. The van der Waals surface area contributed by atoms with Crippen molar-refractivity contribution in [2.45, 2.75) is 5.41 Å². The zero-order valence-electron chi connectivity index (χ0n) is 28.7. The second kappa shape index (κ2) is 12.3. The van der Waals surface area contributed by atoms with Gasteiger partial charge in [-0.15, -0.1) is 0 Å². The summed E-state index contributed by atoms with van der Waals surface area (Å²) >= 11 is 0. The van der Waals surface area contributed by atoms with Gasteiger partial charge in [-0.1, -0.05) is 176 Å². The zero-order chi connectivity index (χ0) is 34.5. The minimum absolute atomic E-state index is 0.474. The molecule has 1 aliphatic carbocycles. The van der Waals surface area contributed by atoms with Gasteiger partial charge in [0.25, 0.3) is 0 Å². The van der Waals surface area contributed by atoms with Gasteiger partial charge in [-0.25, -0.2) is 0 Å². The lowest BCUT2D eigenvalue weighted by atomic mass is 9.68. The Kier molecular flexibility index (Phi) is 7.11. The molecule has 0 bridgehead atoms. The smallest absolute Gasteiger partial charge is 0.0714 e. The first-order valence-electron chi connectivity index (χ1n) is 18.0. The van der Waals surface area contributed by atoms with E-state index in [1.165, 1.54) is 66.1 Å². The molecule has 244 valence electrons. The predicted octanol–water partition coefficient (Wildman–Crippen LogP) is 13.5. The minimum Gasteiger partial charge on any atom is -0.310 e. The molecule has 10 rings (SSSR count). The summed E-state index contributed by atoms with van der Waals surface area (Å²) in [6, 6.07) is 77.7. The summed E-state index contributed by atoms with van der Waals surface area (Å²) in [4.78, 5) is 2.45. The second-order valence-electron chi connectivity index (χ2n) is 13.6. The molecule has 9 aromatic carbocycles. The quantitative estimate of drug-likeness (QED) is 0.160. The Bertz CT molecular complexity index is 2690. The number of benzene rings is 9. The van der Waals surface area contributed by atoms with Gasteiger partial charge in [0.05, 0.1) is 11.1 Å². The Morgan fingerprint density at radius 3 is 1.65 bits per heavy atom. The topological polar surface area (TPSA) is 3.24 Å². The fourth-order valence-corrected chi connectivity index (χ4v) is 8.77. The van der Waals surface area contributed by atoms with Crippen LogP contribution in [0.5, 0.6) is 0 Å². The Hall–Kier alpha value is -6.70. The molecule has 0 amide bonds. The van der Waals surface area contributed by atoms with Crippen LogP contribution in [0, 0.1) is 0 Å². The largest absolute Gasteiger partial charge is 0.310 e. The summed E-state index contributed by atoms with van der Waals surface area (Å²) in [5.41, 5.74) is 13.0. The van der Waals surface area contributed by atoms with Crippen LogP contribution < -0.4 is 4.90 Å². The highest BCUT2D eigenvalue weighted by Crippen LogP contribution is 2.59. The lowest BCUT2D eigenvalue weighted by Gasteiger charge is -2.34. The monoisotopic (exact) mass is 661 g/mol. The van der Waals surface area contributed by atoms with Crippen molar-refractivity contribution < 1.29 is 0 Å². The van der Waals surface area contributed by atoms with Crippen molar-refractivity contribution in [2.75, 3.05) is 4.90 Å². The second-order valence-corrected chi connectivity index (χ2v) is 13.6. The van der Waals surface area contributed by atoms with Gasteiger partial charge in [-0.2, -0.15) is 0 Å². The average molecular weight is 662 g/mol. The highest BCUT2D eigenvalue weighted by Gasteiger charge is 2.47. The van der Waals surface area contributed by atoms with Crippen molar-refractivity contribution in [1.82, 2.24) is 0 Å². The van der Waals surface area contributed by atoms with Crippen molar-refractivity contribution in [3.8, 4) is 22.3 Å². The van der Waals surface area contributed by atoms with E-state index in [0.29, 0.717) is 0 Å². The third-order valence-corrected chi connectivity index (χ3v) is 10.9. The van der Waals surface area contributed by atoms with Gasteiger partial charge in [-0.05, 0) is 96.9 Å². The molecule has 0 aliphatic heterocycles. The Balaban J connectivity index is 1.25. The van der Waals surface area contributed by atoms with Crippen LogP contribution in [0.2, 0.25) is 0 Å². The summed E-state index contributed by atoms with van der Waals surface area (Å²) in [7, 11) is 0. The van der Waals surface area contributed by atoms with Crippen LogP contribution in [0.25, 0.3) is 43.8 Å². The molecule has 0 atom stereocenters. The molecule has 0 saturated heterocycles. The van der Waals surface area contributed by atoms with Crippen molar-refractivity contribution in [3.05, 3.63) is 235 Å². The van der Waals surface area contributed by atoms with E-state index in [0.717, 1.165) is 17.1 Å². The molecule has 0 fully saturated rings. The first kappa shape index (κ1) is 30.2. The highest BCUT2D eigenvalue weighted by molar-refractivity contribution is 6.14. The molecule has 0 heterocycles. The van der Waals surface area contributed by atoms with Crippen LogP contribution in [0.15, 0.2) is 212 Å². The van der Waals surface area contributed by atoms with Crippen LogP contribution in [-0.4, -0.2) is 0 Å². The van der Waals surface area contributed by atoms with Gasteiger partial charge < -0.3 is 4.90 Å². The molecule has 1 heteroatoms. The number of fused-ring (bicyclic) bond motifs is 6. The number of nitrogens with zero attached hydrogens (tertiary/aromatic N) is 1. The van der Waals surface area contributed by atoms with E-state index in [2.05, 4.69) is 217 Å². The van der Waals surface area contributed by atoms with Gasteiger partial charge in [0.2, 0.25) is 0 Å². The molecule has 1 aliphatic rings. The maximum atomic E-state index is 2.45. The molecule has 0 aromatic heterocycles. The standard InChI is InChI=1S/C51H35N/c1-4-20-38(21-5-1)51(39-22-6-2-7-23-39)47-31-15-14-30-45(47)50-48(51)32-17-33-49(50)52(40-24-8-3-9-25-40)41-26-16-19-36(34-41)46-35-37-18-10-11-27-42(37)43-28-12-13-29-44(43)46/h1-35H. The molecular weight excluding hydrogens is 627 g/mol. The number of hydrogen-bond acceptors (Lipinski definition) is 1. The van der Waals surface area contributed by atoms with Crippen molar-refractivity contribution >= 4 is 38.6 Å². The Labute approximate surface area is 304 Å². The first-order valence-corrected chi connectivity index (χ1v) is 18.0. The molecule has 0 radical (unpaired) electrons. The average Bonchev–Trinajstić information content (AvgIpc) is 3.53. The summed E-state index contributed by atoms with van der Waals surface area (Å²) in [5.74, 6) is 0. The lowest BCUT2D eigenvalue weighted by Crippen LogP contribution is -2.28. The predicted molar refractivity (Wildman–Crippen MR) is 219 cm³/mol. The van der Waals surface area contributed by atoms with E-state index < -0.39 is 5.41 Å². The number of para-hydroxylation sites is 1. The van der Waals surface area contributed by atoms with Crippen LogP contribution in [0.1, 0.15) is 22.3 Å². The fourth-order valence-electron chi connectivity index (χ4n) is 8.77. The number of hydrogen-bond donors (Lipinski definition) is 0. The summed E-state index contributed by atoms with van der Waals surface area (Å²) in [6.07, 6.45) is 0. The van der Waals surface area contributed by atoms with Gasteiger partial charge >= 0.3 is 0 Å². The molecule has 0 N–H and O–H groups in total. The van der Waals surface area contributed by atoms with E-state index in [4.69, 9.17) is 0 Å². The maximum Gasteiger partial charge on any atom is 0.0714 e. The number of anilines is 3. The molecule has 0 spiro atoms. The maximum absolute atomic E-state index is 2.45. The summed E-state index contributed by atoms with van der Waals surface area (Å²) in [6.45, 7) is 0. The molecule has 0 unspecified atom stereocenters. The van der Waals surface area contributed by atoms with Gasteiger partial charge in [0.15, 0.2) is 0 Å². The third kappa shape index (κ3) is 4.56. The van der Waals surface area contributed by atoms with E-state index in [1.807, 2.05) is 0 Å². The Morgan fingerprint density at radius 1 is 0.346 bits per heavy atom. The SMILES string of the molecule is c1ccc(N(c2cccc(-c3cc4ccccc4c4ccccc34)c2)c2cccc3c2-c2ccccc2C3(c2ccccc2)c2ccccc2)cc1. The van der Waals surface area contributed by atoms with E-state index >= 15 is 0 Å². The lowest BCUT2D eigenvalue weighted by molar-refractivity contribution is 0.768. The van der Waals surface area contributed by atoms with E-state index in [-0.39, 0.29) is 0 Å². The van der Waals surface area contributed by atoms with Gasteiger partial charge in [-0.3, -0.25) is 0 Å². The third-order valence-electron chi connectivity index (χ3n) is 10.9. The molecule has 0 saturated carbocycles. The van der Waals surface area contributed by atoms with Crippen LogP contribution in [0.4, 0.5) is 17.1 Å².